The average Bonchev–Trinajstić information content (AvgIpc) is 3.11. The number of hydrogen-bond acceptors (Lipinski definition) is 7. The highest BCUT2D eigenvalue weighted by Gasteiger charge is 2.35. The molecule has 162 valence electrons. The molecule has 8 nitrogen and oxygen atoms in total. The number of halogens is 2. The number of amides is 1. The number of aromatic nitrogens is 2. The van der Waals surface area contributed by atoms with Gasteiger partial charge in [0, 0.05) is 35.8 Å². The number of primary amides is 1. The lowest BCUT2D eigenvalue weighted by Gasteiger charge is -2.23. The third kappa shape index (κ3) is 4.39. The number of β-amino-alcohol motifs (C(OH)–C–C–N with tert-alkyl or cyclic N) is 1. The normalized spacial score (nSPS) is 19.0. The Bertz CT molecular complexity index is 1150. The maximum absolute atomic E-state index is 13.5. The first-order valence-corrected chi connectivity index (χ1v) is 9.98. The second kappa shape index (κ2) is 8.62. The summed E-state index contributed by atoms with van der Waals surface area (Å²) in [5.74, 6) is 0.106. The highest BCUT2D eigenvalue weighted by molar-refractivity contribution is 6.31. The molecule has 1 aromatic heterocycles. The van der Waals surface area contributed by atoms with Crippen molar-refractivity contribution < 1.29 is 19.0 Å². The number of ether oxygens (including phenoxy) is 1. The zero-order valence-corrected chi connectivity index (χ0v) is 17.4. The van der Waals surface area contributed by atoms with Crippen LogP contribution in [0.5, 0.6) is 5.75 Å². The molecule has 0 spiro atoms. The molecule has 1 unspecified atom stereocenters. The number of nitrogens with two attached hydrogens (primary N) is 1. The van der Waals surface area contributed by atoms with E-state index < -0.39 is 23.9 Å². The number of methoxy groups -OCH3 is 1. The molecule has 1 amide bonds. The van der Waals surface area contributed by atoms with Gasteiger partial charge >= 0.3 is 0 Å². The first kappa shape index (κ1) is 21.2. The van der Waals surface area contributed by atoms with Crippen LogP contribution in [0, 0.1) is 5.82 Å². The number of nitrogens with zero attached hydrogens (tertiary/aromatic N) is 3. The second-order valence-electron chi connectivity index (χ2n) is 7.39. The van der Waals surface area contributed by atoms with E-state index >= 15 is 0 Å². The number of benzene rings is 2. The molecule has 2 atom stereocenters. The number of aliphatic hydroxyl groups is 1. The van der Waals surface area contributed by atoms with Crippen LogP contribution >= 0.6 is 11.6 Å². The second-order valence-corrected chi connectivity index (χ2v) is 7.80. The topological polar surface area (TPSA) is 114 Å². The first-order chi connectivity index (χ1) is 14.9. The van der Waals surface area contributed by atoms with Crippen molar-refractivity contribution in [2.45, 2.75) is 25.1 Å². The Balaban J connectivity index is 1.71. The molecule has 0 aliphatic carbocycles. The highest BCUT2D eigenvalue weighted by atomic mass is 35.5. The predicted molar refractivity (Wildman–Crippen MR) is 115 cm³/mol. The molecule has 2 heterocycles. The van der Waals surface area contributed by atoms with E-state index in [-0.39, 0.29) is 5.02 Å². The lowest BCUT2D eigenvalue weighted by molar-refractivity contribution is -0.122. The minimum Gasteiger partial charge on any atom is -0.496 e. The Morgan fingerprint density at radius 2 is 2.19 bits per heavy atom. The lowest BCUT2D eigenvalue weighted by atomic mass is 10.1. The third-order valence-corrected chi connectivity index (χ3v) is 5.59. The zero-order valence-electron chi connectivity index (χ0n) is 16.7. The van der Waals surface area contributed by atoms with Crippen LogP contribution in [-0.4, -0.2) is 51.7 Å². The molecule has 0 radical (unpaired) electrons. The summed E-state index contributed by atoms with van der Waals surface area (Å²) in [7, 11) is 1.55. The fraction of sp³-hybridized carbons (Fsp3) is 0.286. The number of fused-ring (bicyclic) bond motifs is 1. The molecule has 0 saturated carbocycles. The Kier molecular flexibility index (Phi) is 5.90. The minimum absolute atomic E-state index is 0.00388. The fourth-order valence-electron chi connectivity index (χ4n) is 3.82. The predicted octanol–water partition coefficient (Wildman–Crippen LogP) is 2.59. The van der Waals surface area contributed by atoms with Gasteiger partial charge in [0.1, 0.15) is 23.7 Å². The van der Waals surface area contributed by atoms with Gasteiger partial charge in [-0.05, 0) is 30.7 Å². The standard InChI is InChI=1S/C21H21ClFN5O3/c1-31-19-7-17-14(4-11(19)8-28-9-13(29)6-18(28)20(24)30)21(26-10-25-17)27-12-2-3-16(23)15(22)5-12/h2-5,7,10,13,18,29H,6,8-9H2,1H3,(H2,24,30)(H,25,26,27)/t13?,18-/m1/s1. The van der Waals surface area contributed by atoms with Crippen molar-refractivity contribution in [1.82, 2.24) is 14.9 Å². The highest BCUT2D eigenvalue weighted by Crippen LogP contribution is 2.32. The van der Waals surface area contributed by atoms with Crippen LogP contribution in [0.15, 0.2) is 36.7 Å². The summed E-state index contributed by atoms with van der Waals surface area (Å²) in [4.78, 5) is 22.2. The number of nitrogens with one attached hydrogen (secondary N) is 1. The maximum atomic E-state index is 13.5. The van der Waals surface area contributed by atoms with E-state index in [1.807, 2.05) is 11.0 Å². The Labute approximate surface area is 182 Å². The summed E-state index contributed by atoms with van der Waals surface area (Å²) in [6, 6.07) is 7.39. The lowest BCUT2D eigenvalue weighted by Crippen LogP contribution is -2.39. The molecule has 0 bridgehead atoms. The molecule has 1 aliphatic rings. The van der Waals surface area contributed by atoms with Gasteiger partial charge in [0.25, 0.3) is 0 Å². The summed E-state index contributed by atoms with van der Waals surface area (Å²) in [6.07, 6.45) is 1.09. The van der Waals surface area contributed by atoms with Gasteiger partial charge in [0.2, 0.25) is 5.91 Å². The van der Waals surface area contributed by atoms with Crippen molar-refractivity contribution in [3.8, 4) is 5.75 Å². The molecule has 2 aromatic carbocycles. The van der Waals surface area contributed by atoms with E-state index in [1.165, 1.54) is 18.5 Å². The van der Waals surface area contributed by atoms with Gasteiger partial charge in [0.05, 0.1) is 29.8 Å². The summed E-state index contributed by atoms with van der Waals surface area (Å²) in [5, 5.41) is 13.8. The molecule has 1 fully saturated rings. The van der Waals surface area contributed by atoms with Crippen molar-refractivity contribution in [2.75, 3.05) is 19.0 Å². The summed E-state index contributed by atoms with van der Waals surface area (Å²) >= 11 is 5.88. The molecule has 1 aliphatic heterocycles. The van der Waals surface area contributed by atoms with E-state index in [1.54, 1.807) is 19.2 Å². The van der Waals surface area contributed by atoms with Crippen molar-refractivity contribution in [3.63, 3.8) is 0 Å². The smallest absolute Gasteiger partial charge is 0.234 e. The quantitative estimate of drug-likeness (QED) is 0.534. The van der Waals surface area contributed by atoms with Crippen LogP contribution < -0.4 is 15.8 Å². The SMILES string of the molecule is COc1cc2ncnc(Nc3ccc(F)c(Cl)c3)c2cc1CN1CC(O)C[C@@H]1C(N)=O. The number of likely N-dealkylation sites (tertiary alicyclic amines) is 1. The van der Waals surface area contributed by atoms with Crippen LogP contribution in [0.4, 0.5) is 15.9 Å². The number of anilines is 2. The van der Waals surface area contributed by atoms with Gasteiger partial charge in [-0.3, -0.25) is 9.69 Å². The molecule has 1 saturated heterocycles. The van der Waals surface area contributed by atoms with Crippen molar-refractivity contribution >= 4 is 39.9 Å². The fourth-order valence-corrected chi connectivity index (χ4v) is 4.00. The van der Waals surface area contributed by atoms with Crippen molar-refractivity contribution in [1.29, 1.82) is 0 Å². The van der Waals surface area contributed by atoms with Crippen LogP contribution in [-0.2, 0) is 11.3 Å². The van der Waals surface area contributed by atoms with Gasteiger partial charge in [-0.1, -0.05) is 11.6 Å². The molecule has 3 aromatic rings. The number of hydrogen-bond donors (Lipinski definition) is 3. The first-order valence-electron chi connectivity index (χ1n) is 9.61. The maximum Gasteiger partial charge on any atom is 0.234 e. The monoisotopic (exact) mass is 445 g/mol. The number of rotatable bonds is 6. The summed E-state index contributed by atoms with van der Waals surface area (Å²) in [6.45, 7) is 0.680. The van der Waals surface area contributed by atoms with Gasteiger partial charge in [-0.2, -0.15) is 0 Å². The van der Waals surface area contributed by atoms with Gasteiger partial charge in [-0.25, -0.2) is 14.4 Å². The number of carbonyl (C=O) groups is 1. The van der Waals surface area contributed by atoms with E-state index in [9.17, 15) is 14.3 Å². The molecular formula is C21H21ClFN5O3. The molecule has 4 N–H and O–H groups in total. The van der Waals surface area contributed by atoms with Crippen LogP contribution in [0.1, 0.15) is 12.0 Å². The van der Waals surface area contributed by atoms with E-state index in [4.69, 9.17) is 22.1 Å². The van der Waals surface area contributed by atoms with Crippen LogP contribution in [0.25, 0.3) is 10.9 Å². The van der Waals surface area contributed by atoms with Crippen molar-refractivity contribution in [2.24, 2.45) is 5.73 Å². The van der Waals surface area contributed by atoms with Gasteiger partial charge in [-0.15, -0.1) is 0 Å². The molecule has 31 heavy (non-hydrogen) atoms. The number of aliphatic hydroxyl groups excluding tert-OH is 1. The molecule has 4 rings (SSSR count). The van der Waals surface area contributed by atoms with E-state index in [0.29, 0.717) is 47.7 Å². The Morgan fingerprint density at radius 1 is 1.39 bits per heavy atom. The van der Waals surface area contributed by atoms with Gasteiger partial charge < -0.3 is 20.9 Å². The molecular weight excluding hydrogens is 425 g/mol. The average molecular weight is 446 g/mol. The van der Waals surface area contributed by atoms with Crippen molar-refractivity contribution in [3.05, 3.63) is 53.1 Å². The summed E-state index contributed by atoms with van der Waals surface area (Å²) < 4.78 is 19.0. The number of carbonyl (C=O) groups excluding carboxylic acids is 1. The van der Waals surface area contributed by atoms with E-state index in [0.717, 1.165) is 5.56 Å². The van der Waals surface area contributed by atoms with Gasteiger partial charge in [0.15, 0.2) is 0 Å². The largest absolute Gasteiger partial charge is 0.496 e. The van der Waals surface area contributed by atoms with Crippen LogP contribution in [0.2, 0.25) is 5.02 Å². The van der Waals surface area contributed by atoms with Crippen LogP contribution in [0.3, 0.4) is 0 Å². The minimum atomic E-state index is -0.618. The Hall–Kier alpha value is -3.01. The van der Waals surface area contributed by atoms with E-state index in [2.05, 4.69) is 15.3 Å². The Morgan fingerprint density at radius 3 is 2.90 bits per heavy atom. The zero-order chi connectivity index (χ0) is 22.1. The third-order valence-electron chi connectivity index (χ3n) is 5.30. The summed E-state index contributed by atoms with van der Waals surface area (Å²) in [5.41, 5.74) is 7.50. The molecule has 10 heteroatoms.